The minimum absolute atomic E-state index is 0. The first-order chi connectivity index (χ1) is 13.8. The smallest absolute Gasteiger partial charge is 0.265 e. The highest BCUT2D eigenvalue weighted by molar-refractivity contribution is 7.18. The van der Waals surface area contributed by atoms with Gasteiger partial charge >= 0.3 is 0 Å². The van der Waals surface area contributed by atoms with Crippen molar-refractivity contribution in [2.24, 2.45) is 5.41 Å². The molecule has 172 valence electrons. The summed E-state index contributed by atoms with van der Waals surface area (Å²) in [6, 6.07) is 6.34. The Labute approximate surface area is 200 Å². The maximum absolute atomic E-state index is 12.8. The summed E-state index contributed by atoms with van der Waals surface area (Å²) in [6.45, 7) is 9.70. The van der Waals surface area contributed by atoms with Crippen LogP contribution in [-0.4, -0.2) is 53.0 Å². The molecular weight excluding hydrogens is 455 g/mol. The third kappa shape index (κ3) is 6.11. The van der Waals surface area contributed by atoms with E-state index in [0.29, 0.717) is 12.6 Å². The minimum Gasteiger partial charge on any atom is -0.377 e. The van der Waals surface area contributed by atoms with Crippen molar-refractivity contribution in [2.75, 3.05) is 26.7 Å². The molecule has 3 heterocycles. The average Bonchev–Trinajstić information content (AvgIpc) is 3.35. The average molecular weight is 487 g/mol. The van der Waals surface area contributed by atoms with E-state index in [2.05, 4.69) is 44.3 Å². The number of hydrogen-bond donors (Lipinski definition) is 1. The van der Waals surface area contributed by atoms with Crippen molar-refractivity contribution >= 4 is 58.1 Å². The number of carbonyl (C=O) groups excluding carboxylic acids is 1. The van der Waals surface area contributed by atoms with Crippen LogP contribution in [0.1, 0.15) is 48.8 Å². The molecule has 1 atom stereocenters. The highest BCUT2D eigenvalue weighted by atomic mass is 35.5. The third-order valence-corrected chi connectivity index (χ3v) is 6.13. The van der Waals surface area contributed by atoms with Gasteiger partial charge in [-0.1, -0.05) is 38.2 Å². The number of hydrogen-bond acceptors (Lipinski definition) is 5. The highest BCUT2D eigenvalue weighted by Gasteiger charge is 2.22. The van der Waals surface area contributed by atoms with Crippen LogP contribution >= 0.6 is 36.2 Å². The molecule has 1 fully saturated rings. The Bertz CT molecular complexity index is 1020. The zero-order chi connectivity index (χ0) is 20.6. The summed E-state index contributed by atoms with van der Waals surface area (Å²) in [5.41, 5.74) is 3.28. The van der Waals surface area contributed by atoms with Gasteiger partial charge in [-0.2, -0.15) is 0 Å². The van der Waals surface area contributed by atoms with Crippen LogP contribution in [0.5, 0.6) is 0 Å². The number of thiazole rings is 1. The Morgan fingerprint density at radius 2 is 2.13 bits per heavy atom. The summed E-state index contributed by atoms with van der Waals surface area (Å²) in [4.78, 5) is 20.9. The first-order valence-corrected chi connectivity index (χ1v) is 11.1. The summed E-state index contributed by atoms with van der Waals surface area (Å²) in [5.74, 6) is 0.0537. The van der Waals surface area contributed by atoms with Crippen LogP contribution in [0.25, 0.3) is 16.0 Å². The fraction of sp³-hybridized carbons (Fsp3) is 0.545. The summed E-state index contributed by atoms with van der Waals surface area (Å²) in [6.07, 6.45) is 4.58. The van der Waals surface area contributed by atoms with Crippen molar-refractivity contribution in [1.82, 2.24) is 19.6 Å². The molecule has 0 saturated carbocycles. The molecule has 6 nitrogen and oxygen atoms in total. The number of nitrogens with zero attached hydrogens (tertiary/aromatic N) is 3. The fourth-order valence-electron chi connectivity index (χ4n) is 3.92. The first kappa shape index (κ1) is 25.9. The summed E-state index contributed by atoms with van der Waals surface area (Å²) in [5, 5.41) is 3.50. The van der Waals surface area contributed by atoms with E-state index >= 15 is 0 Å². The number of fused-ring (bicyclic) bond motifs is 3. The number of imidazole rings is 1. The summed E-state index contributed by atoms with van der Waals surface area (Å²) < 4.78 is 7.71. The SMILES string of the molecule is CN(CC(C)(C)C)C(=O)c1cn2c(nc3ccc(CNC[C@@H]4CCCO4)cc32)s1.Cl.Cl. The largest absolute Gasteiger partial charge is 0.377 e. The molecule has 3 aromatic rings. The molecule has 0 unspecified atom stereocenters. The van der Waals surface area contributed by atoms with Crippen molar-refractivity contribution < 1.29 is 9.53 Å². The quantitative estimate of drug-likeness (QED) is 0.544. The minimum atomic E-state index is 0. The highest BCUT2D eigenvalue weighted by Crippen LogP contribution is 2.26. The lowest BCUT2D eigenvalue weighted by atomic mass is 9.96. The van der Waals surface area contributed by atoms with E-state index in [4.69, 9.17) is 9.72 Å². The predicted molar refractivity (Wildman–Crippen MR) is 132 cm³/mol. The number of aromatic nitrogens is 2. The van der Waals surface area contributed by atoms with E-state index in [1.54, 1.807) is 4.90 Å². The molecule has 1 aliphatic heterocycles. The van der Waals surface area contributed by atoms with E-state index in [0.717, 1.165) is 53.4 Å². The monoisotopic (exact) mass is 486 g/mol. The van der Waals surface area contributed by atoms with Gasteiger partial charge in [-0.25, -0.2) is 4.98 Å². The van der Waals surface area contributed by atoms with Crippen molar-refractivity contribution in [3.8, 4) is 0 Å². The second-order valence-corrected chi connectivity index (χ2v) is 10.2. The lowest BCUT2D eigenvalue weighted by Gasteiger charge is -2.26. The normalized spacial score (nSPS) is 16.3. The van der Waals surface area contributed by atoms with Gasteiger partial charge in [-0.15, -0.1) is 24.8 Å². The van der Waals surface area contributed by atoms with Crippen LogP contribution in [0.15, 0.2) is 24.4 Å². The van der Waals surface area contributed by atoms with Crippen LogP contribution in [-0.2, 0) is 11.3 Å². The van der Waals surface area contributed by atoms with Crippen LogP contribution in [0, 0.1) is 5.41 Å². The predicted octanol–water partition coefficient (Wildman–Crippen LogP) is 4.78. The molecule has 1 aromatic carbocycles. The Hall–Kier alpha value is -1.38. The zero-order valence-electron chi connectivity index (χ0n) is 18.5. The van der Waals surface area contributed by atoms with Gasteiger partial charge < -0.3 is 15.0 Å². The van der Waals surface area contributed by atoms with Crippen molar-refractivity contribution in [1.29, 1.82) is 0 Å². The maximum atomic E-state index is 12.8. The molecule has 2 aromatic heterocycles. The van der Waals surface area contributed by atoms with Gasteiger partial charge in [-0.05, 0) is 36.0 Å². The Balaban J connectivity index is 0.00000171. The molecule has 9 heteroatoms. The van der Waals surface area contributed by atoms with E-state index in [-0.39, 0.29) is 36.1 Å². The standard InChI is InChI=1S/C22H30N4O2S.2ClH/c1-22(2,3)14-25(4)20(27)19-13-26-18-10-15(7-8-17(18)24-21(26)29-19)11-23-12-16-6-5-9-28-16;;/h7-8,10,13,16,23H,5-6,9,11-12,14H2,1-4H3;2*1H/t16-;;/m0../s1. The van der Waals surface area contributed by atoms with E-state index < -0.39 is 0 Å². The number of ether oxygens (including phenoxy) is 1. The van der Waals surface area contributed by atoms with Crippen molar-refractivity contribution in [3.05, 3.63) is 34.8 Å². The topological polar surface area (TPSA) is 58.9 Å². The van der Waals surface area contributed by atoms with Gasteiger partial charge in [0.25, 0.3) is 5.91 Å². The molecule has 4 rings (SSSR count). The number of halogens is 2. The number of amides is 1. The maximum Gasteiger partial charge on any atom is 0.265 e. The number of nitrogens with one attached hydrogen (secondary N) is 1. The van der Waals surface area contributed by atoms with E-state index in [1.165, 1.54) is 16.9 Å². The molecule has 1 amide bonds. The molecular formula is C22H32Cl2N4O2S. The molecule has 0 aliphatic carbocycles. The van der Waals surface area contributed by atoms with Crippen molar-refractivity contribution in [2.45, 2.75) is 46.3 Å². The van der Waals surface area contributed by atoms with Crippen LogP contribution in [0.2, 0.25) is 0 Å². The number of rotatable bonds is 6. The second-order valence-electron chi connectivity index (χ2n) is 9.17. The number of carbonyl (C=O) groups is 1. The Kier molecular flexibility index (Phi) is 8.76. The van der Waals surface area contributed by atoms with E-state index in [9.17, 15) is 4.79 Å². The van der Waals surface area contributed by atoms with E-state index in [1.807, 2.05) is 17.6 Å². The zero-order valence-corrected chi connectivity index (χ0v) is 21.0. The van der Waals surface area contributed by atoms with Crippen LogP contribution < -0.4 is 5.32 Å². The lowest BCUT2D eigenvalue weighted by Crippen LogP contribution is -2.34. The molecule has 1 aliphatic rings. The number of benzene rings is 1. The fourth-order valence-corrected chi connectivity index (χ4v) is 4.91. The van der Waals surface area contributed by atoms with Gasteiger partial charge in [0, 0.05) is 39.5 Å². The van der Waals surface area contributed by atoms with Gasteiger partial charge in [0.2, 0.25) is 0 Å². The molecule has 31 heavy (non-hydrogen) atoms. The van der Waals surface area contributed by atoms with Gasteiger partial charge in [0.1, 0.15) is 4.88 Å². The van der Waals surface area contributed by atoms with Gasteiger partial charge in [0.05, 0.1) is 17.1 Å². The van der Waals surface area contributed by atoms with Crippen LogP contribution in [0.3, 0.4) is 0 Å². The summed E-state index contributed by atoms with van der Waals surface area (Å²) >= 11 is 1.45. The van der Waals surface area contributed by atoms with Crippen molar-refractivity contribution in [3.63, 3.8) is 0 Å². The Morgan fingerprint density at radius 1 is 1.35 bits per heavy atom. The van der Waals surface area contributed by atoms with Gasteiger partial charge in [-0.3, -0.25) is 9.20 Å². The second kappa shape index (κ2) is 10.5. The molecule has 0 spiro atoms. The molecule has 1 N–H and O–H groups in total. The molecule has 1 saturated heterocycles. The first-order valence-electron chi connectivity index (χ1n) is 10.3. The third-order valence-electron chi connectivity index (χ3n) is 5.16. The van der Waals surface area contributed by atoms with Gasteiger partial charge in [0.15, 0.2) is 4.96 Å². The lowest BCUT2D eigenvalue weighted by molar-refractivity contribution is 0.0750. The van der Waals surface area contributed by atoms with Crippen LogP contribution in [0.4, 0.5) is 0 Å². The summed E-state index contributed by atoms with van der Waals surface area (Å²) in [7, 11) is 1.87. The molecule has 0 bridgehead atoms. The Morgan fingerprint density at radius 3 is 2.81 bits per heavy atom. The molecule has 0 radical (unpaired) electrons.